The number of hydrogen-bond acceptors (Lipinski definition) is 2. The van der Waals surface area contributed by atoms with Gasteiger partial charge in [-0.3, -0.25) is 4.99 Å². The summed E-state index contributed by atoms with van der Waals surface area (Å²) in [4.78, 5) is 4.30. The van der Waals surface area contributed by atoms with Crippen molar-refractivity contribution in [2.24, 2.45) is 4.99 Å². The number of hydrogen-bond donors (Lipinski definition) is 2. The van der Waals surface area contributed by atoms with E-state index in [0.717, 1.165) is 23.0 Å². The van der Waals surface area contributed by atoms with E-state index in [9.17, 15) is 0 Å². The van der Waals surface area contributed by atoms with E-state index in [4.69, 9.17) is 4.42 Å². The highest BCUT2D eigenvalue weighted by Crippen LogP contribution is 2.17. The molecule has 23 heavy (non-hydrogen) atoms. The standard InChI is InChI=1S/C18H25N3O.HI/c1-12-8-6-7-9-17(12)14(3)21-18(19-5)20-11-16-10-13(2)22-15(16)4;/h6-10,14H,11H2,1-5H3,(H2,19,20,21);1H. The first-order valence-corrected chi connectivity index (χ1v) is 7.60. The van der Waals surface area contributed by atoms with E-state index in [-0.39, 0.29) is 30.0 Å². The lowest BCUT2D eigenvalue weighted by molar-refractivity contribution is 0.500. The predicted molar refractivity (Wildman–Crippen MR) is 107 cm³/mol. The topological polar surface area (TPSA) is 49.6 Å². The fourth-order valence-corrected chi connectivity index (χ4v) is 2.59. The molecule has 1 unspecified atom stereocenters. The van der Waals surface area contributed by atoms with Crippen molar-refractivity contribution in [3.63, 3.8) is 0 Å². The summed E-state index contributed by atoms with van der Waals surface area (Å²) >= 11 is 0. The molecule has 2 aromatic rings. The van der Waals surface area contributed by atoms with Gasteiger partial charge in [-0.2, -0.15) is 0 Å². The molecule has 0 aliphatic rings. The first-order valence-electron chi connectivity index (χ1n) is 7.60. The molecule has 0 saturated heterocycles. The van der Waals surface area contributed by atoms with Gasteiger partial charge in [-0.1, -0.05) is 24.3 Å². The van der Waals surface area contributed by atoms with Crippen molar-refractivity contribution >= 4 is 29.9 Å². The minimum Gasteiger partial charge on any atom is -0.466 e. The third-order valence-corrected chi connectivity index (χ3v) is 3.82. The van der Waals surface area contributed by atoms with E-state index in [2.05, 4.69) is 59.8 Å². The van der Waals surface area contributed by atoms with Crippen molar-refractivity contribution in [1.29, 1.82) is 0 Å². The molecule has 126 valence electrons. The van der Waals surface area contributed by atoms with Crippen LogP contribution in [0.15, 0.2) is 39.7 Å². The van der Waals surface area contributed by atoms with Gasteiger partial charge in [0.05, 0.1) is 6.04 Å². The van der Waals surface area contributed by atoms with Gasteiger partial charge < -0.3 is 15.1 Å². The van der Waals surface area contributed by atoms with Crippen molar-refractivity contribution in [2.75, 3.05) is 7.05 Å². The Kier molecular flexibility index (Phi) is 7.61. The van der Waals surface area contributed by atoms with Crippen LogP contribution in [0.1, 0.15) is 41.2 Å². The number of furan rings is 1. The molecule has 0 fully saturated rings. The van der Waals surface area contributed by atoms with Crippen molar-refractivity contribution in [3.8, 4) is 0 Å². The second kappa shape index (κ2) is 8.96. The van der Waals surface area contributed by atoms with Crippen molar-refractivity contribution in [2.45, 2.75) is 40.3 Å². The molecule has 4 nitrogen and oxygen atoms in total. The molecule has 2 N–H and O–H groups in total. The molecule has 0 spiro atoms. The van der Waals surface area contributed by atoms with Gasteiger partial charge in [0.15, 0.2) is 5.96 Å². The van der Waals surface area contributed by atoms with Crippen LogP contribution in [-0.4, -0.2) is 13.0 Å². The summed E-state index contributed by atoms with van der Waals surface area (Å²) in [5, 5.41) is 6.77. The van der Waals surface area contributed by atoms with Gasteiger partial charge in [-0.25, -0.2) is 0 Å². The summed E-state index contributed by atoms with van der Waals surface area (Å²) in [6.07, 6.45) is 0. The molecule has 1 aromatic heterocycles. The SMILES string of the molecule is CN=C(NCc1cc(C)oc1C)NC(C)c1ccccc1C.I. The molecular formula is C18H26IN3O. The lowest BCUT2D eigenvalue weighted by Gasteiger charge is -2.19. The monoisotopic (exact) mass is 427 g/mol. The van der Waals surface area contributed by atoms with E-state index in [1.165, 1.54) is 11.1 Å². The average molecular weight is 427 g/mol. The predicted octanol–water partition coefficient (Wildman–Crippen LogP) is 4.25. The number of nitrogens with zero attached hydrogens (tertiary/aromatic N) is 1. The van der Waals surface area contributed by atoms with Crippen LogP contribution in [0.5, 0.6) is 0 Å². The molecule has 5 heteroatoms. The van der Waals surface area contributed by atoms with Gasteiger partial charge in [0, 0.05) is 19.2 Å². The molecule has 1 atom stereocenters. The van der Waals surface area contributed by atoms with Crippen LogP contribution in [0.4, 0.5) is 0 Å². The first kappa shape index (κ1) is 19.5. The zero-order chi connectivity index (χ0) is 16.1. The highest BCUT2D eigenvalue weighted by atomic mass is 127. The van der Waals surface area contributed by atoms with Gasteiger partial charge >= 0.3 is 0 Å². The lowest BCUT2D eigenvalue weighted by atomic mass is 10.0. The number of guanidine groups is 1. The highest BCUT2D eigenvalue weighted by molar-refractivity contribution is 14.0. The van der Waals surface area contributed by atoms with E-state index in [1.807, 2.05) is 13.8 Å². The van der Waals surface area contributed by atoms with Crippen LogP contribution in [0.25, 0.3) is 0 Å². The number of aliphatic imine (C=N–C) groups is 1. The maximum absolute atomic E-state index is 5.55. The summed E-state index contributed by atoms with van der Waals surface area (Å²) in [5.41, 5.74) is 3.71. The third-order valence-electron chi connectivity index (χ3n) is 3.82. The van der Waals surface area contributed by atoms with Gasteiger partial charge in [0.25, 0.3) is 0 Å². The molecule has 1 heterocycles. The molecule has 1 aromatic carbocycles. The number of halogens is 1. The van der Waals surface area contributed by atoms with E-state index < -0.39 is 0 Å². The zero-order valence-electron chi connectivity index (χ0n) is 14.4. The summed E-state index contributed by atoms with van der Waals surface area (Å²) in [5.74, 6) is 2.67. The molecule has 0 amide bonds. The van der Waals surface area contributed by atoms with Gasteiger partial charge in [-0.05, 0) is 44.9 Å². The summed E-state index contributed by atoms with van der Waals surface area (Å²) in [6, 6.07) is 10.6. The Morgan fingerprint density at radius 2 is 1.91 bits per heavy atom. The van der Waals surface area contributed by atoms with Gasteiger partial charge in [0.2, 0.25) is 0 Å². The molecule has 0 aliphatic carbocycles. The van der Waals surface area contributed by atoms with Crippen LogP contribution in [0.2, 0.25) is 0 Å². The molecule has 2 rings (SSSR count). The summed E-state index contributed by atoms with van der Waals surface area (Å²) in [7, 11) is 1.79. The van der Waals surface area contributed by atoms with E-state index in [1.54, 1.807) is 7.05 Å². The Morgan fingerprint density at radius 3 is 2.48 bits per heavy atom. The molecular weight excluding hydrogens is 401 g/mol. The average Bonchev–Trinajstić information content (AvgIpc) is 2.81. The fourth-order valence-electron chi connectivity index (χ4n) is 2.59. The van der Waals surface area contributed by atoms with Crippen molar-refractivity contribution in [1.82, 2.24) is 10.6 Å². The largest absolute Gasteiger partial charge is 0.466 e. The smallest absolute Gasteiger partial charge is 0.191 e. The Labute approximate surface area is 155 Å². The molecule has 0 aliphatic heterocycles. The number of benzene rings is 1. The third kappa shape index (κ3) is 5.27. The summed E-state index contributed by atoms with van der Waals surface area (Å²) in [6.45, 7) is 8.91. The number of nitrogens with one attached hydrogen (secondary N) is 2. The van der Waals surface area contributed by atoms with Crippen molar-refractivity contribution < 1.29 is 4.42 Å². The first-order chi connectivity index (χ1) is 10.5. The van der Waals surface area contributed by atoms with E-state index >= 15 is 0 Å². The van der Waals surface area contributed by atoms with Gasteiger partial charge in [-0.15, -0.1) is 24.0 Å². The minimum absolute atomic E-state index is 0. The lowest BCUT2D eigenvalue weighted by Crippen LogP contribution is -2.38. The maximum Gasteiger partial charge on any atom is 0.191 e. The van der Waals surface area contributed by atoms with Crippen LogP contribution in [0, 0.1) is 20.8 Å². The van der Waals surface area contributed by atoms with Crippen LogP contribution in [0.3, 0.4) is 0 Å². The fraction of sp³-hybridized carbons (Fsp3) is 0.389. The normalized spacial score (nSPS) is 12.5. The Bertz CT molecular complexity index is 664. The number of rotatable bonds is 4. The minimum atomic E-state index is 0. The second-order valence-corrected chi connectivity index (χ2v) is 5.59. The van der Waals surface area contributed by atoms with Crippen molar-refractivity contribution in [3.05, 3.63) is 58.5 Å². The van der Waals surface area contributed by atoms with Crippen LogP contribution < -0.4 is 10.6 Å². The quantitative estimate of drug-likeness (QED) is 0.436. The number of aryl methyl sites for hydroxylation is 3. The Hall–Kier alpha value is -1.50. The Morgan fingerprint density at radius 1 is 1.22 bits per heavy atom. The van der Waals surface area contributed by atoms with Crippen LogP contribution >= 0.6 is 24.0 Å². The maximum atomic E-state index is 5.55. The Balaban J connectivity index is 0.00000264. The molecule has 0 radical (unpaired) electrons. The molecule has 0 bridgehead atoms. The molecule has 0 saturated carbocycles. The highest BCUT2D eigenvalue weighted by Gasteiger charge is 2.10. The summed E-state index contributed by atoms with van der Waals surface area (Å²) < 4.78 is 5.55. The van der Waals surface area contributed by atoms with Crippen LogP contribution in [-0.2, 0) is 6.54 Å². The van der Waals surface area contributed by atoms with E-state index in [0.29, 0.717) is 6.54 Å². The second-order valence-electron chi connectivity index (χ2n) is 5.59. The zero-order valence-corrected chi connectivity index (χ0v) is 16.8. The van der Waals surface area contributed by atoms with Gasteiger partial charge in [0.1, 0.15) is 11.5 Å².